The first kappa shape index (κ1) is 15.6. The number of hydrogen-bond donors (Lipinski definition) is 0. The number of ketones is 1. The molecule has 0 aliphatic carbocycles. The average Bonchev–Trinajstić information content (AvgIpc) is 3.00. The molecular weight excluding hydrogens is 284 g/mol. The van der Waals surface area contributed by atoms with Crippen molar-refractivity contribution in [1.82, 2.24) is 0 Å². The van der Waals surface area contributed by atoms with E-state index in [9.17, 15) is 4.79 Å². The first-order chi connectivity index (χ1) is 10.2. The van der Waals surface area contributed by atoms with Crippen LogP contribution in [-0.2, 0) is 6.42 Å². The molecule has 0 radical (unpaired) electrons. The second-order valence-corrected chi connectivity index (χ2v) is 5.36. The van der Waals surface area contributed by atoms with E-state index in [4.69, 9.17) is 9.47 Å². The topological polar surface area (TPSA) is 35.5 Å². The van der Waals surface area contributed by atoms with Crippen molar-refractivity contribution in [2.24, 2.45) is 0 Å². The van der Waals surface area contributed by atoms with Crippen LogP contribution >= 0.6 is 11.3 Å². The summed E-state index contributed by atoms with van der Waals surface area (Å²) in [7, 11) is 0. The van der Waals surface area contributed by atoms with Gasteiger partial charge in [-0.05, 0) is 60.9 Å². The lowest BCUT2D eigenvalue weighted by Crippen LogP contribution is -2.04. The average molecular weight is 304 g/mol. The zero-order valence-corrected chi connectivity index (χ0v) is 13.2. The normalized spacial score (nSPS) is 10.4. The molecule has 0 bridgehead atoms. The Bertz CT molecular complexity index is 576. The molecule has 0 spiro atoms. The zero-order valence-electron chi connectivity index (χ0n) is 12.4. The summed E-state index contributed by atoms with van der Waals surface area (Å²) in [4.78, 5) is 12.3. The number of aryl methyl sites for hydroxylation is 1. The number of benzene rings is 1. The first-order valence-electron chi connectivity index (χ1n) is 7.18. The lowest BCUT2D eigenvalue weighted by atomic mass is 10.0. The molecule has 2 rings (SSSR count). The minimum Gasteiger partial charge on any atom is -0.490 e. The summed E-state index contributed by atoms with van der Waals surface area (Å²) in [5, 5.41) is 4.11. The van der Waals surface area contributed by atoms with E-state index < -0.39 is 0 Å². The van der Waals surface area contributed by atoms with Crippen molar-refractivity contribution < 1.29 is 14.3 Å². The van der Waals surface area contributed by atoms with Gasteiger partial charge in [-0.1, -0.05) is 0 Å². The molecule has 0 N–H and O–H groups in total. The van der Waals surface area contributed by atoms with Gasteiger partial charge in [-0.2, -0.15) is 11.3 Å². The van der Waals surface area contributed by atoms with Crippen LogP contribution in [0.4, 0.5) is 0 Å². The maximum absolute atomic E-state index is 12.3. The summed E-state index contributed by atoms with van der Waals surface area (Å²) in [6, 6.07) is 7.46. The second kappa shape index (κ2) is 7.84. The zero-order chi connectivity index (χ0) is 15.1. The maximum Gasteiger partial charge on any atom is 0.163 e. The van der Waals surface area contributed by atoms with Gasteiger partial charge >= 0.3 is 0 Å². The molecule has 0 saturated heterocycles. The van der Waals surface area contributed by atoms with Crippen molar-refractivity contribution in [3.63, 3.8) is 0 Å². The number of hydrogen-bond acceptors (Lipinski definition) is 4. The summed E-state index contributed by atoms with van der Waals surface area (Å²) in [5.74, 6) is 1.46. The molecule has 112 valence electrons. The standard InChI is InChI=1S/C17H20O3S/c1-3-19-16-8-6-14(11-17(16)20-4-2)15(18)7-5-13-9-10-21-12-13/h6,8-12H,3-5,7H2,1-2H3. The Labute approximate surface area is 129 Å². The van der Waals surface area contributed by atoms with E-state index in [2.05, 4.69) is 11.4 Å². The number of Topliss-reactive ketones (excluding diaryl/α,β-unsaturated/α-hetero) is 1. The van der Waals surface area contributed by atoms with Crippen LogP contribution in [0, 0.1) is 0 Å². The van der Waals surface area contributed by atoms with Gasteiger partial charge < -0.3 is 9.47 Å². The van der Waals surface area contributed by atoms with Gasteiger partial charge in [0.15, 0.2) is 17.3 Å². The minimum absolute atomic E-state index is 0.130. The smallest absolute Gasteiger partial charge is 0.163 e. The first-order valence-corrected chi connectivity index (χ1v) is 8.12. The summed E-state index contributed by atoms with van der Waals surface area (Å²) in [6.45, 7) is 4.97. The molecule has 0 aliphatic heterocycles. The van der Waals surface area contributed by atoms with E-state index in [0.29, 0.717) is 36.7 Å². The highest BCUT2D eigenvalue weighted by atomic mass is 32.1. The van der Waals surface area contributed by atoms with E-state index >= 15 is 0 Å². The Hall–Kier alpha value is -1.81. The van der Waals surface area contributed by atoms with Gasteiger partial charge in [0.25, 0.3) is 0 Å². The number of carbonyl (C=O) groups is 1. The molecule has 0 amide bonds. The second-order valence-electron chi connectivity index (χ2n) is 4.58. The van der Waals surface area contributed by atoms with Crippen LogP contribution in [0.25, 0.3) is 0 Å². The molecular formula is C17H20O3S. The fraction of sp³-hybridized carbons (Fsp3) is 0.353. The summed E-state index contributed by atoms with van der Waals surface area (Å²) < 4.78 is 11.1. The summed E-state index contributed by atoms with van der Waals surface area (Å²) >= 11 is 1.66. The molecule has 4 heteroatoms. The molecule has 0 unspecified atom stereocenters. The van der Waals surface area contributed by atoms with Crippen molar-refractivity contribution in [2.45, 2.75) is 26.7 Å². The van der Waals surface area contributed by atoms with Crippen LogP contribution in [0.3, 0.4) is 0 Å². The fourth-order valence-electron chi connectivity index (χ4n) is 2.06. The van der Waals surface area contributed by atoms with E-state index in [1.807, 2.05) is 31.4 Å². The van der Waals surface area contributed by atoms with Gasteiger partial charge in [0.05, 0.1) is 13.2 Å². The van der Waals surface area contributed by atoms with Crippen LogP contribution in [0.1, 0.15) is 36.2 Å². The van der Waals surface area contributed by atoms with Gasteiger partial charge in [0, 0.05) is 12.0 Å². The summed E-state index contributed by atoms with van der Waals surface area (Å²) in [5.41, 5.74) is 1.89. The van der Waals surface area contributed by atoms with E-state index in [0.717, 1.165) is 6.42 Å². The van der Waals surface area contributed by atoms with Gasteiger partial charge in [-0.25, -0.2) is 0 Å². The van der Waals surface area contributed by atoms with Crippen molar-refractivity contribution in [1.29, 1.82) is 0 Å². The maximum atomic E-state index is 12.3. The highest BCUT2D eigenvalue weighted by Gasteiger charge is 2.11. The fourth-order valence-corrected chi connectivity index (χ4v) is 2.76. The molecule has 0 saturated carbocycles. The molecule has 0 fully saturated rings. The number of thiophene rings is 1. The molecule has 3 nitrogen and oxygen atoms in total. The third kappa shape index (κ3) is 4.33. The molecule has 1 aromatic heterocycles. The quantitative estimate of drug-likeness (QED) is 0.680. The highest BCUT2D eigenvalue weighted by Crippen LogP contribution is 2.29. The Balaban J connectivity index is 2.07. The lowest BCUT2D eigenvalue weighted by Gasteiger charge is -2.12. The molecule has 0 atom stereocenters. The van der Waals surface area contributed by atoms with Crippen LogP contribution in [-0.4, -0.2) is 19.0 Å². The third-order valence-electron chi connectivity index (χ3n) is 3.09. The van der Waals surface area contributed by atoms with Gasteiger partial charge in [-0.15, -0.1) is 0 Å². The van der Waals surface area contributed by atoms with E-state index in [-0.39, 0.29) is 5.78 Å². The SMILES string of the molecule is CCOc1ccc(C(=O)CCc2ccsc2)cc1OCC. The number of ether oxygens (including phenoxy) is 2. The van der Waals surface area contributed by atoms with Crippen LogP contribution in [0.15, 0.2) is 35.0 Å². The van der Waals surface area contributed by atoms with Gasteiger partial charge in [-0.3, -0.25) is 4.79 Å². The molecule has 1 aromatic carbocycles. The largest absolute Gasteiger partial charge is 0.490 e. The van der Waals surface area contributed by atoms with Gasteiger partial charge in [0.2, 0.25) is 0 Å². The number of rotatable bonds is 8. The molecule has 21 heavy (non-hydrogen) atoms. The van der Waals surface area contributed by atoms with E-state index in [1.165, 1.54) is 5.56 Å². The van der Waals surface area contributed by atoms with Crippen molar-refractivity contribution in [2.75, 3.05) is 13.2 Å². The van der Waals surface area contributed by atoms with Crippen molar-refractivity contribution in [3.8, 4) is 11.5 Å². The van der Waals surface area contributed by atoms with Crippen LogP contribution in [0.5, 0.6) is 11.5 Å². The number of carbonyl (C=O) groups excluding carboxylic acids is 1. The van der Waals surface area contributed by atoms with Crippen molar-refractivity contribution in [3.05, 3.63) is 46.2 Å². The van der Waals surface area contributed by atoms with E-state index in [1.54, 1.807) is 17.4 Å². The lowest BCUT2D eigenvalue weighted by molar-refractivity contribution is 0.0982. The Kier molecular flexibility index (Phi) is 5.81. The van der Waals surface area contributed by atoms with Gasteiger partial charge in [0.1, 0.15) is 0 Å². The Morgan fingerprint density at radius 1 is 1.10 bits per heavy atom. The summed E-state index contributed by atoms with van der Waals surface area (Å²) in [6.07, 6.45) is 1.29. The van der Waals surface area contributed by atoms with Crippen LogP contribution in [0.2, 0.25) is 0 Å². The molecule has 1 heterocycles. The predicted molar refractivity (Wildman–Crippen MR) is 85.8 cm³/mol. The predicted octanol–water partition coefficient (Wildman–Crippen LogP) is 4.36. The van der Waals surface area contributed by atoms with Crippen molar-refractivity contribution >= 4 is 17.1 Å². The Morgan fingerprint density at radius 2 is 1.86 bits per heavy atom. The monoisotopic (exact) mass is 304 g/mol. The minimum atomic E-state index is 0.130. The third-order valence-corrected chi connectivity index (χ3v) is 3.82. The van der Waals surface area contributed by atoms with Crippen LogP contribution < -0.4 is 9.47 Å². The molecule has 0 aliphatic rings. The Morgan fingerprint density at radius 3 is 2.52 bits per heavy atom. The molecule has 2 aromatic rings. The highest BCUT2D eigenvalue weighted by molar-refractivity contribution is 7.07.